The molecule has 10 rings (SSSR count). The molecule has 2 fully saturated rings. The number of allylic oxidation sites excluding steroid dienone is 1. The number of carboxylic acids is 2. The number of ether oxygens (including phenoxy) is 2. The molecule has 98 heavy (non-hydrogen) atoms. The number of carbonyl (C=O) groups excluding carboxylic acids is 1. The summed E-state index contributed by atoms with van der Waals surface area (Å²) in [7, 11) is 4.29. The summed E-state index contributed by atoms with van der Waals surface area (Å²) < 4.78 is 12.0. The minimum atomic E-state index is -1.03. The van der Waals surface area contributed by atoms with Gasteiger partial charge in [-0.25, -0.2) is 22.7 Å². The van der Waals surface area contributed by atoms with E-state index in [-0.39, 0.29) is 82.0 Å². The fraction of sp³-hybridized carbons (Fsp3) is 0.466. The molecule has 4 aliphatic rings. The summed E-state index contributed by atoms with van der Waals surface area (Å²) in [5.74, 6) is -0.365. The van der Waals surface area contributed by atoms with Crippen LogP contribution in [0, 0.1) is 32.9 Å². The second-order valence-corrected chi connectivity index (χ2v) is 24.7. The van der Waals surface area contributed by atoms with Crippen LogP contribution in [0.3, 0.4) is 0 Å². The molecule has 4 aromatic carbocycles. The number of carbonyl (C=O) groups is 3. The van der Waals surface area contributed by atoms with Gasteiger partial charge in [-0.05, 0) is 134 Å². The number of rotatable bonds is 20. The van der Waals surface area contributed by atoms with Crippen LogP contribution < -0.4 is 82.1 Å². The van der Waals surface area contributed by atoms with Gasteiger partial charge in [-0.1, -0.05) is 115 Å². The maximum atomic E-state index is 11.5. The van der Waals surface area contributed by atoms with Crippen LogP contribution in [-0.2, 0) is 40.3 Å². The van der Waals surface area contributed by atoms with Crippen molar-refractivity contribution in [3.05, 3.63) is 166 Å². The Balaban J connectivity index is 0.000000341. The SMILES string of the molecule is Cc1cccc2cccc(N3CCc4c(N)nc(OC[C@@H]5CCCN5C)nc4C3)c12.Cc1cccc2cccc(N3CCc4c(N)nc(OC[C@@H]5CCCN5C)nc4C3)c12.O=C(O)/C=C/CBr.O=C(O)/C=C/CO.[C-]#[N+]C[C@@H](C)CCC.[C-]#[N+]C[C@@H](C)N(CC)C(=O)/C=C/CO.[K+].[OH-]. The maximum absolute atomic E-state index is 11.5. The Morgan fingerprint density at radius 3 is 1.46 bits per heavy atom. The van der Waals surface area contributed by atoms with Gasteiger partial charge in [0.05, 0.1) is 37.7 Å². The summed E-state index contributed by atoms with van der Waals surface area (Å²) in [5.41, 5.74) is 21.8. The molecule has 2 saturated heterocycles. The summed E-state index contributed by atoms with van der Waals surface area (Å²) in [6, 6.07) is 27.6. The van der Waals surface area contributed by atoms with Crippen molar-refractivity contribution in [3.8, 4) is 12.0 Å². The van der Waals surface area contributed by atoms with Crippen LogP contribution in [0.1, 0.15) is 99.9 Å². The first-order valence-electron chi connectivity index (χ1n) is 32.9. The Morgan fingerprint density at radius 2 is 1.10 bits per heavy atom. The van der Waals surface area contributed by atoms with Gasteiger partial charge in [-0.3, -0.25) is 4.79 Å². The third-order valence-corrected chi connectivity index (χ3v) is 17.3. The minimum absolute atomic E-state index is 0. The molecule has 6 aromatic rings. The molecular formula is C73H99BrKN13O10. The summed E-state index contributed by atoms with van der Waals surface area (Å²) >= 11 is 3.03. The van der Waals surface area contributed by atoms with E-state index >= 15 is 0 Å². The van der Waals surface area contributed by atoms with Crippen LogP contribution in [0.15, 0.2) is 109 Å². The van der Waals surface area contributed by atoms with Gasteiger partial charge >= 0.3 is 75.3 Å². The number of benzene rings is 4. The number of likely N-dealkylation sites (tertiary alicyclic amines) is 2. The van der Waals surface area contributed by atoms with Crippen molar-refractivity contribution in [2.24, 2.45) is 5.92 Å². The summed E-state index contributed by atoms with van der Waals surface area (Å²) in [6.07, 6.45) is 16.2. The van der Waals surface area contributed by atoms with Crippen molar-refractivity contribution in [3.63, 3.8) is 0 Å². The molecular weight excluding hydrogens is 1340 g/mol. The molecule has 4 aliphatic heterocycles. The number of aryl methyl sites for hydroxylation is 2. The molecule has 0 radical (unpaired) electrons. The van der Waals surface area contributed by atoms with Gasteiger partial charge in [-0.15, -0.1) is 0 Å². The number of hydrogen-bond donors (Lipinski definition) is 6. The summed E-state index contributed by atoms with van der Waals surface area (Å²) in [5, 5.41) is 38.0. The first kappa shape index (κ1) is 85.1. The molecule has 6 heterocycles. The Labute approximate surface area is 629 Å². The van der Waals surface area contributed by atoms with Crippen LogP contribution in [0.4, 0.5) is 23.0 Å². The smallest absolute Gasteiger partial charge is 0.870 e. The quantitative estimate of drug-likeness (QED) is 0.0185. The largest absolute Gasteiger partial charge is 1.00 e. The van der Waals surface area contributed by atoms with Gasteiger partial charge in [0.25, 0.3) is 0 Å². The van der Waals surface area contributed by atoms with Crippen molar-refractivity contribution in [2.75, 3.05) is 113 Å². The van der Waals surface area contributed by atoms with Crippen molar-refractivity contribution in [1.82, 2.24) is 34.6 Å². The summed E-state index contributed by atoms with van der Waals surface area (Å²) in [6.45, 7) is 33.5. The number of amides is 1. The number of fused-ring (bicyclic) bond motifs is 4. The third-order valence-electron chi connectivity index (χ3n) is 16.9. The number of likely N-dealkylation sites (N-methyl/N-ethyl adjacent to an activating group) is 3. The third kappa shape index (κ3) is 26.9. The van der Waals surface area contributed by atoms with Gasteiger partial charge in [0.2, 0.25) is 19.0 Å². The van der Waals surface area contributed by atoms with Crippen molar-refractivity contribution in [1.29, 1.82) is 0 Å². The molecule has 2 aromatic heterocycles. The first-order valence-corrected chi connectivity index (χ1v) is 34.0. The molecule has 0 spiro atoms. The number of hydrogen-bond acceptors (Lipinski definition) is 18. The molecule has 25 heteroatoms. The Bertz CT molecular complexity index is 3450. The number of carboxylic acid groups (broad SMARTS) is 2. The number of nitrogens with zero attached hydrogens (tertiary/aromatic N) is 11. The molecule has 9 N–H and O–H groups in total. The molecule has 0 aliphatic carbocycles. The normalized spacial score (nSPS) is 16.0. The number of nitrogens with two attached hydrogens (primary N) is 2. The predicted molar refractivity (Wildman–Crippen MR) is 389 cm³/mol. The summed E-state index contributed by atoms with van der Waals surface area (Å²) in [4.78, 5) is 66.7. The number of aliphatic carboxylic acids is 2. The van der Waals surface area contributed by atoms with Crippen molar-refractivity contribution >= 4 is 78.3 Å². The number of nitrogen functional groups attached to an aromatic ring is 2. The fourth-order valence-corrected chi connectivity index (χ4v) is 12.1. The van der Waals surface area contributed by atoms with Crippen LogP contribution in [0.25, 0.3) is 31.2 Å². The van der Waals surface area contributed by atoms with Gasteiger partial charge in [0.1, 0.15) is 30.9 Å². The van der Waals surface area contributed by atoms with E-state index in [1.165, 1.54) is 88.0 Å². The van der Waals surface area contributed by atoms with E-state index in [1.54, 1.807) is 4.90 Å². The van der Waals surface area contributed by atoms with Gasteiger partial charge in [0.15, 0.2) is 0 Å². The van der Waals surface area contributed by atoms with E-state index in [4.69, 9.17) is 64.5 Å². The number of halogens is 1. The molecule has 4 atom stereocenters. The number of aliphatic hydroxyl groups is 2. The van der Waals surface area contributed by atoms with Crippen LogP contribution in [0.5, 0.6) is 12.0 Å². The van der Waals surface area contributed by atoms with Crippen LogP contribution >= 0.6 is 15.9 Å². The number of aliphatic hydroxyl groups excluding tert-OH is 2. The molecule has 1 amide bonds. The fourth-order valence-electron chi connectivity index (χ4n) is 11.9. The molecule has 0 saturated carbocycles. The van der Waals surface area contributed by atoms with Gasteiger partial charge in [0, 0.05) is 94.5 Å². The zero-order valence-corrected chi connectivity index (χ0v) is 63.2. The molecule has 0 bridgehead atoms. The van der Waals surface area contributed by atoms with Crippen LogP contribution in [0.2, 0.25) is 0 Å². The zero-order valence-electron chi connectivity index (χ0n) is 58.5. The van der Waals surface area contributed by atoms with E-state index in [9.17, 15) is 14.4 Å². The second kappa shape index (κ2) is 45.5. The average Bonchev–Trinajstić information content (AvgIpc) is 0.939. The molecule has 0 unspecified atom stereocenters. The van der Waals surface area contributed by atoms with E-state index in [2.05, 4.69) is 170 Å². The van der Waals surface area contributed by atoms with E-state index in [0.29, 0.717) is 79.8 Å². The van der Waals surface area contributed by atoms with E-state index in [0.717, 1.165) is 106 Å². The van der Waals surface area contributed by atoms with Gasteiger partial charge in [-0.2, -0.15) is 19.9 Å². The zero-order chi connectivity index (χ0) is 70.1. The topological polar surface area (TPSA) is 309 Å². The number of anilines is 4. The first-order chi connectivity index (χ1) is 46.2. The minimum Gasteiger partial charge on any atom is -0.870 e. The van der Waals surface area contributed by atoms with E-state index < -0.39 is 11.9 Å². The number of aromatic nitrogens is 4. The van der Waals surface area contributed by atoms with E-state index in [1.807, 2.05) is 13.8 Å². The number of alkyl halides is 1. The van der Waals surface area contributed by atoms with Crippen molar-refractivity contribution < 1.29 is 101 Å². The second-order valence-electron chi connectivity index (χ2n) is 24.0. The molecule has 23 nitrogen and oxygen atoms in total. The average molecular weight is 1440 g/mol. The Hall–Kier alpha value is -7.11. The maximum Gasteiger partial charge on any atom is 1.00 e. The standard InChI is InChI=1S/2C24H29N5O.C10H16N2O2.C7H13N.C4H5BrO2.C4H6O3.K.H2O/c2*1-16-6-3-7-17-8-4-10-21(22(16)17)29-13-11-19-20(14-29)26-24(27-23(19)25)30-15-18-9-5-12-28(18)2;1-4-12(9(2)8-11-3)10(14)6-5-7-13;1-4-5-7(2)6-8-3;2*5-3-1-2-4(6)7;;/h2*3-4,6-8,10,18H,5,9,11-15H2,1-2H3,(H2,25,26,27);5-6,9,13H,4,7-8H2,1-2H3;7H,4-6H2,1-2H3;1-2H,3H2,(H,6,7);1-2,5H,3H2,(H,6,7);;1H2/q;;;;;;+1;/p-1/b;;6-5+;;2*2-1+;;/t2*18-;9-;7-;;;;/m0010..../s1. The van der Waals surface area contributed by atoms with Crippen LogP contribution in [-0.4, -0.2) is 188 Å². The Kier molecular flexibility index (Phi) is 39.5. The Morgan fingerprint density at radius 1 is 0.673 bits per heavy atom. The van der Waals surface area contributed by atoms with Crippen molar-refractivity contribution in [2.45, 2.75) is 124 Å². The van der Waals surface area contributed by atoms with Gasteiger partial charge < -0.3 is 81.0 Å². The molecule has 524 valence electrons. The monoisotopic (exact) mass is 1440 g/mol. The predicted octanol–water partition coefficient (Wildman–Crippen LogP) is 7.61.